The minimum absolute atomic E-state index is 0. The summed E-state index contributed by atoms with van der Waals surface area (Å²) in [5.74, 6) is -0.735. The fourth-order valence-corrected chi connectivity index (χ4v) is 3.47. The van der Waals surface area contributed by atoms with Crippen molar-refractivity contribution in [2.24, 2.45) is 29.1 Å². The molecule has 0 bridgehead atoms. The Bertz CT molecular complexity index is 374. The molecular formula is C12H17N2NaO3. The number of nitrogens with one attached hydrogen (secondary N) is 1. The molecule has 6 heteroatoms. The second kappa shape index (κ2) is 4.94. The summed E-state index contributed by atoms with van der Waals surface area (Å²) >= 11 is 0. The summed E-state index contributed by atoms with van der Waals surface area (Å²) in [4.78, 5) is 35.3. The van der Waals surface area contributed by atoms with E-state index in [1.807, 2.05) is 27.7 Å². The van der Waals surface area contributed by atoms with Gasteiger partial charge in [-0.05, 0) is 23.7 Å². The topological polar surface area (TPSA) is 77.3 Å². The van der Waals surface area contributed by atoms with Crippen molar-refractivity contribution in [2.45, 2.75) is 27.7 Å². The third-order valence-electron chi connectivity index (χ3n) is 5.00. The average Bonchev–Trinajstić information content (AvgIpc) is 2.40. The van der Waals surface area contributed by atoms with Crippen molar-refractivity contribution in [1.82, 2.24) is 5.32 Å². The van der Waals surface area contributed by atoms with Crippen LogP contribution in [0.25, 0.3) is 5.32 Å². The molecule has 94 valence electrons. The van der Waals surface area contributed by atoms with Crippen molar-refractivity contribution in [3.05, 3.63) is 5.32 Å². The van der Waals surface area contributed by atoms with Gasteiger partial charge >= 0.3 is 29.6 Å². The standard InChI is InChI=1S/C12H18N2O3.Na/c1-5-6(2)8(4)12(7(5)3)9(15)13-11(17)14-10(12)16;/h5-8H,1-4H3,(H2,13,14,15,16,17);/q;+1/p-1. The normalized spacial score (nSPS) is 43.4. The number of hydrogen-bond donors (Lipinski definition) is 1. The van der Waals surface area contributed by atoms with Gasteiger partial charge in [-0.15, -0.1) is 0 Å². The van der Waals surface area contributed by atoms with E-state index in [2.05, 4.69) is 10.6 Å². The van der Waals surface area contributed by atoms with Gasteiger partial charge in [0.1, 0.15) is 0 Å². The molecule has 2 aliphatic rings. The third-order valence-corrected chi connectivity index (χ3v) is 5.00. The Morgan fingerprint density at radius 2 is 1.44 bits per heavy atom. The smallest absolute Gasteiger partial charge is 0.394 e. The number of rotatable bonds is 0. The maximum Gasteiger partial charge on any atom is 1.00 e. The first kappa shape index (κ1) is 15.7. The molecule has 1 heterocycles. The first-order chi connectivity index (χ1) is 7.83. The Kier molecular flexibility index (Phi) is 4.30. The van der Waals surface area contributed by atoms with Gasteiger partial charge in [0.25, 0.3) is 0 Å². The summed E-state index contributed by atoms with van der Waals surface area (Å²) in [5.41, 5.74) is -1.15. The Labute approximate surface area is 129 Å². The van der Waals surface area contributed by atoms with Crippen molar-refractivity contribution in [2.75, 3.05) is 0 Å². The number of carbonyl (C=O) groups excluding carboxylic acids is 3. The van der Waals surface area contributed by atoms with E-state index in [0.717, 1.165) is 0 Å². The van der Waals surface area contributed by atoms with Gasteiger partial charge in [-0.2, -0.15) is 0 Å². The minimum atomic E-state index is -1.15. The molecule has 1 saturated heterocycles. The average molecular weight is 260 g/mol. The second-order valence-corrected chi connectivity index (χ2v) is 5.34. The maximum absolute atomic E-state index is 12.1. The Hall–Kier alpha value is -0.390. The maximum atomic E-state index is 12.1. The van der Waals surface area contributed by atoms with Gasteiger partial charge in [0.05, 0.1) is 5.41 Å². The third kappa shape index (κ3) is 1.75. The SMILES string of the molecule is CC1C(C)C(C)C2(C(=O)[N-]C(=O)NC2=O)C1C.[Na+]. The van der Waals surface area contributed by atoms with Gasteiger partial charge in [0.15, 0.2) is 17.8 Å². The van der Waals surface area contributed by atoms with Crippen LogP contribution in [0, 0.1) is 29.1 Å². The van der Waals surface area contributed by atoms with Crippen molar-refractivity contribution in [3.8, 4) is 0 Å². The van der Waals surface area contributed by atoms with E-state index in [0.29, 0.717) is 0 Å². The Morgan fingerprint density at radius 3 is 1.83 bits per heavy atom. The quantitative estimate of drug-likeness (QED) is 0.434. The zero-order chi connectivity index (χ0) is 13.0. The molecular weight excluding hydrogens is 243 g/mol. The number of hydrogen-bond acceptors (Lipinski definition) is 3. The van der Waals surface area contributed by atoms with Gasteiger partial charge in [-0.25, -0.2) is 0 Å². The van der Waals surface area contributed by atoms with E-state index in [1.54, 1.807) is 0 Å². The number of nitrogens with zero attached hydrogens (tertiary/aromatic N) is 1. The number of barbiturate groups is 1. The van der Waals surface area contributed by atoms with Crippen LogP contribution in [0.2, 0.25) is 0 Å². The second-order valence-electron chi connectivity index (χ2n) is 5.34. The molecule has 4 amide bonds. The molecule has 1 aliphatic carbocycles. The first-order valence-electron chi connectivity index (χ1n) is 5.95. The van der Waals surface area contributed by atoms with E-state index >= 15 is 0 Å². The summed E-state index contributed by atoms with van der Waals surface area (Å²) < 4.78 is 0. The molecule has 1 N–H and O–H groups in total. The summed E-state index contributed by atoms with van der Waals surface area (Å²) in [7, 11) is 0. The fourth-order valence-electron chi connectivity index (χ4n) is 3.47. The van der Waals surface area contributed by atoms with E-state index in [-0.39, 0.29) is 53.2 Å². The molecule has 0 aromatic rings. The van der Waals surface area contributed by atoms with Crippen LogP contribution in [0.4, 0.5) is 4.79 Å². The van der Waals surface area contributed by atoms with Gasteiger partial charge in [-0.1, -0.05) is 27.7 Å². The number of urea groups is 1. The summed E-state index contributed by atoms with van der Waals surface area (Å²) in [6.45, 7) is 7.87. The van der Waals surface area contributed by atoms with Crippen LogP contribution in [-0.2, 0) is 9.59 Å². The van der Waals surface area contributed by atoms with Gasteiger partial charge in [-0.3, -0.25) is 14.4 Å². The fraction of sp³-hybridized carbons (Fsp3) is 0.750. The molecule has 0 aromatic heterocycles. The molecule has 1 aliphatic heterocycles. The van der Waals surface area contributed by atoms with Crippen LogP contribution in [0.3, 0.4) is 0 Å². The van der Waals surface area contributed by atoms with Crippen LogP contribution >= 0.6 is 0 Å². The minimum Gasteiger partial charge on any atom is -0.394 e. The van der Waals surface area contributed by atoms with Gasteiger partial charge in [0.2, 0.25) is 0 Å². The van der Waals surface area contributed by atoms with Crippen molar-refractivity contribution in [3.63, 3.8) is 0 Å². The molecule has 5 nitrogen and oxygen atoms in total. The van der Waals surface area contributed by atoms with Crippen LogP contribution < -0.4 is 34.9 Å². The summed E-state index contributed by atoms with van der Waals surface area (Å²) in [5, 5.41) is 5.61. The molecule has 4 unspecified atom stereocenters. The Balaban J connectivity index is 0.00000162. The van der Waals surface area contributed by atoms with Crippen LogP contribution in [0.15, 0.2) is 0 Å². The first-order valence-corrected chi connectivity index (χ1v) is 5.95. The molecule has 0 radical (unpaired) electrons. The van der Waals surface area contributed by atoms with Crippen molar-refractivity contribution in [1.29, 1.82) is 0 Å². The monoisotopic (exact) mass is 260 g/mol. The molecule has 2 rings (SSSR count). The van der Waals surface area contributed by atoms with Crippen molar-refractivity contribution < 1.29 is 43.9 Å². The number of amides is 4. The predicted octanol–water partition coefficient (Wildman–Crippen LogP) is -1.32. The molecule has 4 atom stereocenters. The number of carbonyl (C=O) groups is 3. The molecule has 18 heavy (non-hydrogen) atoms. The van der Waals surface area contributed by atoms with Gasteiger partial charge < -0.3 is 10.6 Å². The van der Waals surface area contributed by atoms with Crippen LogP contribution in [-0.4, -0.2) is 17.8 Å². The summed E-state index contributed by atoms with van der Waals surface area (Å²) in [6, 6.07) is -0.836. The van der Waals surface area contributed by atoms with E-state index in [4.69, 9.17) is 0 Å². The van der Waals surface area contributed by atoms with E-state index < -0.39 is 23.3 Å². The molecule has 0 aromatic carbocycles. The zero-order valence-corrected chi connectivity index (χ0v) is 13.5. The largest absolute Gasteiger partial charge is 1.00 e. The van der Waals surface area contributed by atoms with Crippen LogP contribution in [0.5, 0.6) is 0 Å². The molecule has 1 spiro atoms. The predicted molar refractivity (Wildman–Crippen MR) is 61.0 cm³/mol. The van der Waals surface area contributed by atoms with Gasteiger partial charge in [0, 0.05) is 0 Å². The molecule has 2 fully saturated rings. The summed E-state index contributed by atoms with van der Waals surface area (Å²) in [6.07, 6.45) is 0. The molecule has 1 saturated carbocycles. The van der Waals surface area contributed by atoms with Crippen molar-refractivity contribution >= 4 is 17.8 Å². The van der Waals surface area contributed by atoms with E-state index in [9.17, 15) is 14.4 Å². The van der Waals surface area contributed by atoms with Crippen LogP contribution in [0.1, 0.15) is 27.7 Å². The number of imide groups is 2. The zero-order valence-electron chi connectivity index (χ0n) is 11.5. The Morgan fingerprint density at radius 1 is 1.00 bits per heavy atom. The van der Waals surface area contributed by atoms with E-state index in [1.165, 1.54) is 0 Å².